The van der Waals surface area contributed by atoms with Crippen molar-refractivity contribution in [2.75, 3.05) is 18.2 Å². The Morgan fingerprint density at radius 3 is 3.17 bits per heavy atom. The van der Waals surface area contributed by atoms with Crippen LogP contribution in [0.5, 0.6) is 5.75 Å². The molecule has 0 spiro atoms. The first-order valence-electron chi connectivity index (χ1n) is 7.63. The number of methoxy groups -OCH3 is 1. The zero-order valence-corrected chi connectivity index (χ0v) is 14.7. The van der Waals surface area contributed by atoms with Gasteiger partial charge in [0.15, 0.2) is 10.3 Å². The van der Waals surface area contributed by atoms with Crippen molar-refractivity contribution in [1.29, 1.82) is 0 Å². The summed E-state index contributed by atoms with van der Waals surface area (Å²) >= 11 is 2.90. The molecule has 6 nitrogen and oxygen atoms in total. The second-order valence-corrected chi connectivity index (χ2v) is 7.51. The number of thioether (sulfide) groups is 1. The summed E-state index contributed by atoms with van der Waals surface area (Å²) in [6.45, 7) is 0. The molecular weight excluding hydrogens is 344 g/mol. The molecular formula is C16H16N4O2S2. The van der Waals surface area contributed by atoms with E-state index in [1.165, 1.54) is 35.9 Å². The molecule has 1 amide bonds. The van der Waals surface area contributed by atoms with Crippen molar-refractivity contribution in [2.45, 2.75) is 24.0 Å². The quantitative estimate of drug-likeness (QED) is 0.681. The SMILES string of the molecule is COc1ccc2nc(NC(=O)CSc3nccn3C3CC3)sc2c1. The van der Waals surface area contributed by atoms with E-state index < -0.39 is 0 Å². The third-order valence-corrected chi connectivity index (χ3v) is 5.66. The molecule has 0 saturated heterocycles. The van der Waals surface area contributed by atoms with E-state index in [-0.39, 0.29) is 5.91 Å². The molecule has 1 saturated carbocycles. The Bertz CT molecular complexity index is 885. The number of aromatic nitrogens is 3. The number of ether oxygens (including phenoxy) is 1. The number of fused-ring (bicyclic) bond motifs is 1. The summed E-state index contributed by atoms with van der Waals surface area (Å²) in [6, 6.07) is 6.24. The normalized spacial score (nSPS) is 14.0. The average molecular weight is 360 g/mol. The summed E-state index contributed by atoms with van der Waals surface area (Å²) in [5.41, 5.74) is 0.855. The highest BCUT2D eigenvalue weighted by Gasteiger charge is 2.25. The molecule has 8 heteroatoms. The Morgan fingerprint density at radius 2 is 2.38 bits per heavy atom. The fraction of sp³-hybridized carbons (Fsp3) is 0.312. The minimum atomic E-state index is -0.0728. The molecule has 124 valence electrons. The van der Waals surface area contributed by atoms with Gasteiger partial charge in [0.2, 0.25) is 5.91 Å². The molecule has 0 radical (unpaired) electrons. The van der Waals surface area contributed by atoms with Crippen molar-refractivity contribution in [1.82, 2.24) is 14.5 Å². The summed E-state index contributed by atoms with van der Waals surface area (Å²) in [6.07, 6.45) is 6.18. The van der Waals surface area contributed by atoms with E-state index in [1.807, 2.05) is 24.4 Å². The number of hydrogen-bond donors (Lipinski definition) is 1. The second kappa shape index (κ2) is 6.45. The first kappa shape index (κ1) is 15.5. The molecule has 4 rings (SSSR count). The fourth-order valence-corrected chi connectivity index (χ4v) is 4.15. The summed E-state index contributed by atoms with van der Waals surface area (Å²) in [7, 11) is 1.63. The number of nitrogens with one attached hydrogen (secondary N) is 1. The maximum Gasteiger partial charge on any atom is 0.236 e. The van der Waals surface area contributed by atoms with Gasteiger partial charge in [-0.25, -0.2) is 9.97 Å². The molecule has 2 aromatic heterocycles. The number of rotatable bonds is 6. The van der Waals surface area contributed by atoms with Crippen LogP contribution in [0.4, 0.5) is 5.13 Å². The molecule has 1 N–H and O–H groups in total. The van der Waals surface area contributed by atoms with Crippen LogP contribution in [-0.2, 0) is 4.79 Å². The van der Waals surface area contributed by atoms with Gasteiger partial charge in [-0.15, -0.1) is 0 Å². The third kappa shape index (κ3) is 3.25. The van der Waals surface area contributed by atoms with E-state index in [0.29, 0.717) is 16.9 Å². The minimum Gasteiger partial charge on any atom is -0.497 e. The zero-order valence-electron chi connectivity index (χ0n) is 13.1. The predicted octanol–water partition coefficient (Wildman–Crippen LogP) is 3.57. The monoisotopic (exact) mass is 360 g/mol. The summed E-state index contributed by atoms with van der Waals surface area (Å²) in [4.78, 5) is 20.9. The number of amides is 1. The van der Waals surface area contributed by atoms with Crippen molar-refractivity contribution in [2.24, 2.45) is 0 Å². The number of benzene rings is 1. The summed E-state index contributed by atoms with van der Waals surface area (Å²) < 4.78 is 8.35. The molecule has 24 heavy (non-hydrogen) atoms. The lowest BCUT2D eigenvalue weighted by Gasteiger charge is -2.05. The van der Waals surface area contributed by atoms with Crippen molar-refractivity contribution in [3.05, 3.63) is 30.6 Å². The van der Waals surface area contributed by atoms with Crippen LogP contribution in [0.1, 0.15) is 18.9 Å². The molecule has 0 unspecified atom stereocenters. The Hall–Kier alpha value is -2.06. The van der Waals surface area contributed by atoms with Gasteiger partial charge in [0.1, 0.15) is 5.75 Å². The number of thiazole rings is 1. The van der Waals surface area contributed by atoms with Crippen molar-refractivity contribution in [3.63, 3.8) is 0 Å². The van der Waals surface area contributed by atoms with Gasteiger partial charge in [0.25, 0.3) is 0 Å². The van der Waals surface area contributed by atoms with Gasteiger partial charge in [0, 0.05) is 18.4 Å². The smallest absolute Gasteiger partial charge is 0.236 e. The van der Waals surface area contributed by atoms with E-state index in [4.69, 9.17) is 4.74 Å². The molecule has 3 aromatic rings. The molecule has 1 aliphatic carbocycles. The predicted molar refractivity (Wildman–Crippen MR) is 96.0 cm³/mol. The van der Waals surface area contributed by atoms with Gasteiger partial charge in [-0.2, -0.15) is 0 Å². The second-order valence-electron chi connectivity index (χ2n) is 5.54. The first-order chi connectivity index (χ1) is 11.7. The molecule has 2 heterocycles. The first-order valence-corrected chi connectivity index (χ1v) is 9.43. The Balaban J connectivity index is 1.39. The molecule has 1 fully saturated rings. The maximum absolute atomic E-state index is 12.2. The number of hydrogen-bond acceptors (Lipinski definition) is 6. The topological polar surface area (TPSA) is 69.0 Å². The van der Waals surface area contributed by atoms with Crippen LogP contribution < -0.4 is 10.1 Å². The zero-order chi connectivity index (χ0) is 16.5. The fourth-order valence-electron chi connectivity index (χ4n) is 2.41. The lowest BCUT2D eigenvalue weighted by atomic mass is 10.3. The van der Waals surface area contributed by atoms with Crippen LogP contribution in [0.15, 0.2) is 35.7 Å². The van der Waals surface area contributed by atoms with E-state index in [9.17, 15) is 4.79 Å². The van der Waals surface area contributed by atoms with Crippen LogP contribution in [0, 0.1) is 0 Å². The number of imidazole rings is 1. The highest BCUT2D eigenvalue weighted by molar-refractivity contribution is 7.99. The number of carbonyl (C=O) groups is 1. The van der Waals surface area contributed by atoms with Gasteiger partial charge in [-0.05, 0) is 31.0 Å². The highest BCUT2D eigenvalue weighted by Crippen LogP contribution is 2.37. The lowest BCUT2D eigenvalue weighted by Crippen LogP contribution is -2.14. The van der Waals surface area contributed by atoms with E-state index >= 15 is 0 Å². The Labute approximate surface area is 147 Å². The van der Waals surface area contributed by atoms with E-state index in [1.54, 1.807) is 13.3 Å². The van der Waals surface area contributed by atoms with Crippen LogP contribution in [-0.4, -0.2) is 33.3 Å². The van der Waals surface area contributed by atoms with Crippen molar-refractivity contribution < 1.29 is 9.53 Å². The molecule has 1 aromatic carbocycles. The molecule has 0 bridgehead atoms. The molecule has 0 atom stereocenters. The average Bonchev–Trinajstić information content (AvgIpc) is 3.18. The van der Waals surface area contributed by atoms with Gasteiger partial charge in [-0.1, -0.05) is 23.1 Å². The minimum absolute atomic E-state index is 0.0728. The van der Waals surface area contributed by atoms with Gasteiger partial charge < -0.3 is 14.6 Å². The van der Waals surface area contributed by atoms with Crippen LogP contribution in [0.2, 0.25) is 0 Å². The Kier molecular flexibility index (Phi) is 4.15. The highest BCUT2D eigenvalue weighted by atomic mass is 32.2. The lowest BCUT2D eigenvalue weighted by molar-refractivity contribution is -0.113. The molecule has 1 aliphatic rings. The number of anilines is 1. The largest absolute Gasteiger partial charge is 0.497 e. The third-order valence-electron chi connectivity index (χ3n) is 3.75. The van der Waals surface area contributed by atoms with E-state index in [2.05, 4.69) is 19.9 Å². The van der Waals surface area contributed by atoms with Crippen molar-refractivity contribution >= 4 is 44.4 Å². The van der Waals surface area contributed by atoms with Gasteiger partial charge in [0.05, 0.1) is 23.1 Å². The van der Waals surface area contributed by atoms with Gasteiger partial charge >= 0.3 is 0 Å². The number of nitrogens with zero attached hydrogens (tertiary/aromatic N) is 3. The summed E-state index contributed by atoms with van der Waals surface area (Å²) in [5.74, 6) is 1.03. The Morgan fingerprint density at radius 1 is 1.50 bits per heavy atom. The standard InChI is InChI=1S/C16H16N4O2S2/c1-22-11-4-5-12-13(8-11)24-15(18-12)19-14(21)9-23-16-17-6-7-20(16)10-2-3-10/h4-8,10H,2-3,9H2,1H3,(H,18,19,21). The van der Waals surface area contributed by atoms with Crippen molar-refractivity contribution in [3.8, 4) is 5.75 Å². The summed E-state index contributed by atoms with van der Waals surface area (Å²) in [5, 5.41) is 4.38. The van der Waals surface area contributed by atoms with Crippen LogP contribution in [0.25, 0.3) is 10.2 Å². The van der Waals surface area contributed by atoms with Crippen LogP contribution in [0.3, 0.4) is 0 Å². The molecule has 0 aliphatic heterocycles. The van der Waals surface area contributed by atoms with Gasteiger partial charge in [-0.3, -0.25) is 4.79 Å². The number of carbonyl (C=O) groups excluding carboxylic acids is 1. The maximum atomic E-state index is 12.2. The van der Waals surface area contributed by atoms with E-state index in [0.717, 1.165) is 21.1 Å². The van der Waals surface area contributed by atoms with Crippen LogP contribution >= 0.6 is 23.1 Å².